The SMILES string of the molecule is CCN(CCCCSC)C1CC2CCC(C1)N2. The van der Waals surface area contributed by atoms with Crippen molar-refractivity contribution in [3.8, 4) is 0 Å². The van der Waals surface area contributed by atoms with Crippen LogP contribution >= 0.6 is 11.8 Å². The first-order chi connectivity index (χ1) is 8.33. The van der Waals surface area contributed by atoms with Crippen molar-refractivity contribution in [1.82, 2.24) is 10.2 Å². The molecule has 0 radical (unpaired) electrons. The Hall–Kier alpha value is 0.270. The lowest BCUT2D eigenvalue weighted by Gasteiger charge is -2.37. The minimum Gasteiger partial charge on any atom is -0.311 e. The van der Waals surface area contributed by atoms with E-state index in [0.29, 0.717) is 0 Å². The molecule has 2 aliphatic rings. The highest BCUT2D eigenvalue weighted by atomic mass is 32.2. The highest BCUT2D eigenvalue weighted by molar-refractivity contribution is 7.98. The Balaban J connectivity index is 1.73. The highest BCUT2D eigenvalue weighted by Crippen LogP contribution is 2.29. The molecule has 1 N–H and O–H groups in total. The number of piperidine rings is 1. The Bertz CT molecular complexity index is 210. The molecular weight excluding hydrogens is 228 g/mol. The summed E-state index contributed by atoms with van der Waals surface area (Å²) >= 11 is 1.98. The van der Waals surface area contributed by atoms with Gasteiger partial charge in [-0.25, -0.2) is 0 Å². The molecule has 2 bridgehead atoms. The van der Waals surface area contributed by atoms with Crippen LogP contribution in [0.1, 0.15) is 45.4 Å². The van der Waals surface area contributed by atoms with Crippen LogP contribution in [0, 0.1) is 0 Å². The van der Waals surface area contributed by atoms with Gasteiger partial charge in [-0.3, -0.25) is 0 Å². The monoisotopic (exact) mass is 256 g/mol. The number of hydrogen-bond acceptors (Lipinski definition) is 3. The van der Waals surface area contributed by atoms with Crippen molar-refractivity contribution in [1.29, 1.82) is 0 Å². The van der Waals surface area contributed by atoms with Crippen molar-refractivity contribution in [3.63, 3.8) is 0 Å². The Morgan fingerprint density at radius 2 is 1.88 bits per heavy atom. The summed E-state index contributed by atoms with van der Waals surface area (Å²) in [5.41, 5.74) is 0. The van der Waals surface area contributed by atoms with Crippen LogP contribution in [0.4, 0.5) is 0 Å². The van der Waals surface area contributed by atoms with Gasteiger partial charge < -0.3 is 10.2 Å². The molecule has 2 fully saturated rings. The van der Waals surface area contributed by atoms with Gasteiger partial charge in [0, 0.05) is 18.1 Å². The summed E-state index contributed by atoms with van der Waals surface area (Å²) in [5.74, 6) is 1.33. The zero-order chi connectivity index (χ0) is 12.1. The standard InChI is InChI=1S/C14H28N2S/c1-3-16(8-4-5-9-17-2)14-10-12-6-7-13(11-14)15-12/h12-15H,3-11H2,1-2H3. The van der Waals surface area contributed by atoms with E-state index in [-0.39, 0.29) is 0 Å². The Morgan fingerprint density at radius 1 is 1.18 bits per heavy atom. The molecule has 2 aliphatic heterocycles. The van der Waals surface area contributed by atoms with E-state index in [9.17, 15) is 0 Å². The molecule has 2 unspecified atom stereocenters. The smallest absolute Gasteiger partial charge is 0.0125 e. The van der Waals surface area contributed by atoms with Gasteiger partial charge in [-0.05, 0) is 63.6 Å². The van der Waals surface area contributed by atoms with Crippen LogP contribution in [0.3, 0.4) is 0 Å². The maximum absolute atomic E-state index is 3.75. The molecule has 2 rings (SSSR count). The third-order valence-corrected chi connectivity index (χ3v) is 5.11. The highest BCUT2D eigenvalue weighted by Gasteiger charge is 2.35. The van der Waals surface area contributed by atoms with Crippen molar-refractivity contribution in [2.75, 3.05) is 25.1 Å². The summed E-state index contributed by atoms with van der Waals surface area (Å²) in [6.07, 6.45) is 10.6. The molecular formula is C14H28N2S. The second-order valence-corrected chi connectivity index (χ2v) is 6.58. The third kappa shape index (κ3) is 3.87. The fraction of sp³-hybridized carbons (Fsp3) is 1.00. The van der Waals surface area contributed by atoms with Gasteiger partial charge in [0.25, 0.3) is 0 Å². The maximum atomic E-state index is 3.75. The Morgan fingerprint density at radius 3 is 2.47 bits per heavy atom. The van der Waals surface area contributed by atoms with E-state index >= 15 is 0 Å². The van der Waals surface area contributed by atoms with Crippen LogP contribution < -0.4 is 5.32 Å². The minimum absolute atomic E-state index is 0.832. The van der Waals surface area contributed by atoms with Crippen LogP contribution in [0.25, 0.3) is 0 Å². The van der Waals surface area contributed by atoms with Crippen LogP contribution in [0.2, 0.25) is 0 Å². The van der Waals surface area contributed by atoms with E-state index < -0.39 is 0 Å². The molecule has 0 aromatic rings. The quantitative estimate of drug-likeness (QED) is 0.705. The van der Waals surface area contributed by atoms with Gasteiger partial charge in [0.2, 0.25) is 0 Å². The number of nitrogens with zero attached hydrogens (tertiary/aromatic N) is 1. The van der Waals surface area contributed by atoms with Crippen molar-refractivity contribution in [2.45, 2.75) is 63.6 Å². The van der Waals surface area contributed by atoms with E-state index in [1.807, 2.05) is 11.8 Å². The summed E-state index contributed by atoms with van der Waals surface area (Å²) in [6.45, 7) is 4.89. The average molecular weight is 256 g/mol. The topological polar surface area (TPSA) is 15.3 Å². The molecule has 17 heavy (non-hydrogen) atoms. The van der Waals surface area contributed by atoms with E-state index in [1.54, 1.807) is 0 Å². The van der Waals surface area contributed by atoms with Gasteiger partial charge >= 0.3 is 0 Å². The fourth-order valence-corrected chi connectivity index (χ4v) is 3.98. The zero-order valence-corrected chi connectivity index (χ0v) is 12.3. The van der Waals surface area contributed by atoms with Crippen molar-refractivity contribution in [3.05, 3.63) is 0 Å². The first-order valence-corrected chi connectivity index (χ1v) is 8.72. The Labute approximate surface area is 111 Å². The molecule has 2 atom stereocenters. The molecule has 3 heteroatoms. The van der Waals surface area contributed by atoms with Gasteiger partial charge in [0.05, 0.1) is 0 Å². The van der Waals surface area contributed by atoms with Crippen LogP contribution in [0.15, 0.2) is 0 Å². The van der Waals surface area contributed by atoms with Gasteiger partial charge in [0.1, 0.15) is 0 Å². The van der Waals surface area contributed by atoms with Gasteiger partial charge in [-0.15, -0.1) is 0 Å². The number of thioether (sulfide) groups is 1. The zero-order valence-electron chi connectivity index (χ0n) is 11.5. The minimum atomic E-state index is 0.832. The largest absolute Gasteiger partial charge is 0.311 e. The average Bonchev–Trinajstić information content (AvgIpc) is 2.68. The van der Waals surface area contributed by atoms with Crippen LogP contribution in [-0.2, 0) is 0 Å². The Kier molecular flexibility index (Phi) is 5.64. The fourth-order valence-electron chi connectivity index (χ4n) is 3.49. The summed E-state index contributed by atoms with van der Waals surface area (Å²) in [5, 5.41) is 3.75. The molecule has 0 aliphatic carbocycles. The molecule has 100 valence electrons. The molecule has 2 nitrogen and oxygen atoms in total. The van der Waals surface area contributed by atoms with Crippen molar-refractivity contribution < 1.29 is 0 Å². The predicted molar refractivity (Wildman–Crippen MR) is 77.8 cm³/mol. The first-order valence-electron chi connectivity index (χ1n) is 7.32. The molecule has 2 saturated heterocycles. The van der Waals surface area contributed by atoms with Crippen LogP contribution in [0.5, 0.6) is 0 Å². The lowest BCUT2D eigenvalue weighted by atomic mass is 9.98. The second kappa shape index (κ2) is 7.01. The number of nitrogens with one attached hydrogen (secondary N) is 1. The lowest BCUT2D eigenvalue weighted by molar-refractivity contribution is 0.146. The lowest BCUT2D eigenvalue weighted by Crippen LogP contribution is -2.48. The van der Waals surface area contributed by atoms with E-state index in [1.165, 1.54) is 57.4 Å². The van der Waals surface area contributed by atoms with Gasteiger partial charge in [-0.2, -0.15) is 11.8 Å². The summed E-state index contributed by atoms with van der Waals surface area (Å²) in [6, 6.07) is 2.53. The molecule has 0 saturated carbocycles. The number of unbranched alkanes of at least 4 members (excludes halogenated alkanes) is 1. The van der Waals surface area contributed by atoms with Crippen LogP contribution in [-0.4, -0.2) is 48.1 Å². The predicted octanol–water partition coefficient (Wildman–Crippen LogP) is 2.73. The molecule has 0 spiro atoms. The molecule has 2 heterocycles. The maximum Gasteiger partial charge on any atom is 0.0125 e. The van der Waals surface area contributed by atoms with E-state index in [4.69, 9.17) is 0 Å². The summed E-state index contributed by atoms with van der Waals surface area (Å²) in [4.78, 5) is 2.74. The third-order valence-electron chi connectivity index (χ3n) is 4.41. The van der Waals surface area contributed by atoms with E-state index in [2.05, 4.69) is 23.4 Å². The van der Waals surface area contributed by atoms with Gasteiger partial charge in [0.15, 0.2) is 0 Å². The molecule has 0 aromatic heterocycles. The number of fused-ring (bicyclic) bond motifs is 2. The normalized spacial score (nSPS) is 32.3. The molecule has 0 aromatic carbocycles. The van der Waals surface area contributed by atoms with E-state index in [0.717, 1.165) is 18.1 Å². The molecule has 0 amide bonds. The number of hydrogen-bond donors (Lipinski definition) is 1. The summed E-state index contributed by atoms with van der Waals surface area (Å²) < 4.78 is 0. The second-order valence-electron chi connectivity index (χ2n) is 5.59. The van der Waals surface area contributed by atoms with Gasteiger partial charge in [-0.1, -0.05) is 6.92 Å². The van der Waals surface area contributed by atoms with Crippen molar-refractivity contribution >= 4 is 11.8 Å². The number of rotatable bonds is 7. The summed E-state index contributed by atoms with van der Waals surface area (Å²) in [7, 11) is 0. The first kappa shape index (κ1) is 13.7. The van der Waals surface area contributed by atoms with Crippen molar-refractivity contribution in [2.24, 2.45) is 0 Å².